The van der Waals surface area contributed by atoms with E-state index in [-0.39, 0.29) is 12.4 Å². The number of allylic oxidation sites excluding steroid dienone is 1. The largest absolute Gasteiger partial charge is 0.465 e. The van der Waals surface area contributed by atoms with E-state index in [1.807, 2.05) is 19.9 Å². The van der Waals surface area contributed by atoms with Gasteiger partial charge in [0.05, 0.1) is 36.3 Å². The summed E-state index contributed by atoms with van der Waals surface area (Å²) in [6.45, 7) is 4.09. The number of nitrogens with zero attached hydrogens (tertiary/aromatic N) is 3. The lowest BCUT2D eigenvalue weighted by Crippen LogP contribution is -2.39. The van der Waals surface area contributed by atoms with Crippen LogP contribution in [0.15, 0.2) is 52.4 Å². The molecule has 1 aromatic rings. The topological polar surface area (TPSA) is 101 Å². The van der Waals surface area contributed by atoms with Gasteiger partial charge in [0.1, 0.15) is 17.5 Å². The zero-order valence-corrected chi connectivity index (χ0v) is 14.2. The SMILES string of the molecule is COC(=O)c1cccc(N2N=C3COC(C)(C)C=C3C(C#N)=C2N)c1. The molecular formula is C18H18N4O3. The molecule has 0 amide bonds. The summed E-state index contributed by atoms with van der Waals surface area (Å²) in [6, 6.07) is 8.85. The summed E-state index contributed by atoms with van der Waals surface area (Å²) in [6.07, 6.45) is 1.85. The first-order chi connectivity index (χ1) is 11.9. The lowest BCUT2D eigenvalue weighted by molar-refractivity contribution is 0.0409. The van der Waals surface area contributed by atoms with Crippen molar-refractivity contribution in [2.75, 3.05) is 18.7 Å². The number of hydrogen-bond donors (Lipinski definition) is 1. The highest BCUT2D eigenvalue weighted by atomic mass is 16.5. The highest BCUT2D eigenvalue weighted by Crippen LogP contribution is 2.32. The number of rotatable bonds is 2. The molecule has 0 bridgehead atoms. The average molecular weight is 338 g/mol. The normalized spacial score (nSPS) is 18.7. The fourth-order valence-electron chi connectivity index (χ4n) is 2.72. The summed E-state index contributed by atoms with van der Waals surface area (Å²) in [7, 11) is 1.32. The van der Waals surface area contributed by atoms with Crippen LogP contribution in [-0.4, -0.2) is 31.0 Å². The second-order valence-electron chi connectivity index (χ2n) is 6.22. The van der Waals surface area contributed by atoms with Crippen LogP contribution in [0.5, 0.6) is 0 Å². The zero-order valence-electron chi connectivity index (χ0n) is 14.2. The third-order valence-electron chi connectivity index (χ3n) is 3.98. The van der Waals surface area contributed by atoms with Crippen LogP contribution in [0.1, 0.15) is 24.2 Å². The van der Waals surface area contributed by atoms with Gasteiger partial charge in [0.25, 0.3) is 0 Å². The van der Waals surface area contributed by atoms with Crippen molar-refractivity contribution in [3.63, 3.8) is 0 Å². The quantitative estimate of drug-likeness (QED) is 0.829. The Bertz CT molecular complexity index is 875. The molecule has 25 heavy (non-hydrogen) atoms. The molecule has 0 radical (unpaired) electrons. The Kier molecular flexibility index (Phi) is 4.07. The van der Waals surface area contributed by atoms with Gasteiger partial charge in [-0.05, 0) is 38.1 Å². The maximum absolute atomic E-state index is 11.7. The Labute approximate surface area is 145 Å². The molecule has 2 aliphatic rings. The first-order valence-electron chi connectivity index (χ1n) is 7.69. The van der Waals surface area contributed by atoms with E-state index in [4.69, 9.17) is 15.2 Å². The lowest BCUT2D eigenvalue weighted by Gasteiger charge is -2.34. The zero-order chi connectivity index (χ0) is 18.2. The molecule has 128 valence electrons. The van der Waals surface area contributed by atoms with Crippen LogP contribution in [0.25, 0.3) is 0 Å². The molecule has 0 saturated carbocycles. The van der Waals surface area contributed by atoms with Crippen molar-refractivity contribution in [2.24, 2.45) is 10.8 Å². The van der Waals surface area contributed by atoms with Crippen LogP contribution in [-0.2, 0) is 9.47 Å². The van der Waals surface area contributed by atoms with Crippen molar-refractivity contribution in [1.29, 1.82) is 5.26 Å². The number of carbonyl (C=O) groups excluding carboxylic acids is 1. The molecule has 0 aromatic heterocycles. The van der Waals surface area contributed by atoms with Crippen molar-refractivity contribution in [1.82, 2.24) is 0 Å². The monoisotopic (exact) mass is 338 g/mol. The van der Waals surface area contributed by atoms with E-state index in [0.29, 0.717) is 28.1 Å². The number of ether oxygens (including phenoxy) is 2. The van der Waals surface area contributed by atoms with Crippen LogP contribution >= 0.6 is 0 Å². The summed E-state index contributed by atoms with van der Waals surface area (Å²) in [5, 5.41) is 15.6. The molecule has 0 saturated heterocycles. The molecule has 2 aliphatic heterocycles. The number of methoxy groups -OCH3 is 1. The summed E-state index contributed by atoms with van der Waals surface area (Å²) < 4.78 is 10.5. The molecule has 7 nitrogen and oxygen atoms in total. The van der Waals surface area contributed by atoms with Crippen LogP contribution in [0, 0.1) is 11.3 Å². The van der Waals surface area contributed by atoms with Gasteiger partial charge in [0, 0.05) is 5.57 Å². The summed E-state index contributed by atoms with van der Waals surface area (Å²) in [5.41, 5.74) is 8.28. The Balaban J connectivity index is 2.09. The van der Waals surface area contributed by atoms with E-state index in [1.54, 1.807) is 24.3 Å². The molecule has 1 aromatic carbocycles. The summed E-state index contributed by atoms with van der Waals surface area (Å²) in [5.74, 6) is -0.255. The van der Waals surface area contributed by atoms with Gasteiger partial charge in [-0.25, -0.2) is 9.80 Å². The third kappa shape index (κ3) is 2.99. The standard InChI is InChI=1S/C18H18N4O3/c1-18(2)8-13-14(9-19)16(20)22(21-15(13)10-25-18)12-6-4-5-11(7-12)17(23)24-3/h4-8H,10,20H2,1-3H3. The average Bonchev–Trinajstić information content (AvgIpc) is 2.60. The second kappa shape index (κ2) is 6.07. The van der Waals surface area contributed by atoms with Crippen LogP contribution in [0.4, 0.5) is 5.69 Å². The molecule has 0 fully saturated rings. The third-order valence-corrected chi connectivity index (χ3v) is 3.98. The number of anilines is 1. The summed E-state index contributed by atoms with van der Waals surface area (Å²) >= 11 is 0. The fraction of sp³-hybridized carbons (Fsp3) is 0.278. The minimum Gasteiger partial charge on any atom is -0.465 e. The van der Waals surface area contributed by atoms with Crippen LogP contribution < -0.4 is 10.7 Å². The summed E-state index contributed by atoms with van der Waals surface area (Å²) in [4.78, 5) is 11.7. The first kappa shape index (κ1) is 16.7. The van der Waals surface area contributed by atoms with Crippen molar-refractivity contribution in [3.05, 3.63) is 52.9 Å². The second-order valence-corrected chi connectivity index (χ2v) is 6.22. The van der Waals surface area contributed by atoms with E-state index in [9.17, 15) is 10.1 Å². The number of benzene rings is 1. The molecular weight excluding hydrogens is 320 g/mol. The number of carbonyl (C=O) groups is 1. The Hall–Kier alpha value is -3.11. The van der Waals surface area contributed by atoms with Crippen LogP contribution in [0.2, 0.25) is 0 Å². The Morgan fingerprint density at radius 2 is 2.24 bits per heavy atom. The van der Waals surface area contributed by atoms with E-state index in [0.717, 1.165) is 0 Å². The van der Waals surface area contributed by atoms with Crippen molar-refractivity contribution in [3.8, 4) is 6.07 Å². The number of fused-ring (bicyclic) bond motifs is 1. The van der Waals surface area contributed by atoms with Gasteiger partial charge in [0.15, 0.2) is 0 Å². The first-order valence-corrected chi connectivity index (χ1v) is 7.69. The predicted octanol–water partition coefficient (Wildman–Crippen LogP) is 2.08. The van der Waals surface area contributed by atoms with Gasteiger partial charge in [0.2, 0.25) is 0 Å². The van der Waals surface area contributed by atoms with Gasteiger partial charge >= 0.3 is 5.97 Å². The van der Waals surface area contributed by atoms with Crippen molar-refractivity contribution < 1.29 is 14.3 Å². The number of nitriles is 1. The fourth-order valence-corrected chi connectivity index (χ4v) is 2.72. The van der Waals surface area contributed by atoms with E-state index >= 15 is 0 Å². The van der Waals surface area contributed by atoms with E-state index < -0.39 is 11.6 Å². The van der Waals surface area contributed by atoms with Crippen LogP contribution in [0.3, 0.4) is 0 Å². The minimum atomic E-state index is -0.496. The molecule has 0 unspecified atom stereocenters. The predicted molar refractivity (Wildman–Crippen MR) is 92.6 cm³/mol. The molecule has 0 spiro atoms. The molecule has 0 atom stereocenters. The molecule has 2 heterocycles. The molecule has 3 rings (SSSR count). The maximum Gasteiger partial charge on any atom is 0.337 e. The van der Waals surface area contributed by atoms with Crippen molar-refractivity contribution >= 4 is 17.4 Å². The minimum absolute atomic E-state index is 0.206. The molecule has 2 N–H and O–H groups in total. The van der Waals surface area contributed by atoms with E-state index in [1.165, 1.54) is 12.1 Å². The Morgan fingerprint density at radius 3 is 2.92 bits per heavy atom. The molecule has 7 heteroatoms. The van der Waals surface area contributed by atoms with Gasteiger partial charge in [-0.3, -0.25) is 0 Å². The smallest absolute Gasteiger partial charge is 0.337 e. The van der Waals surface area contributed by atoms with Gasteiger partial charge < -0.3 is 15.2 Å². The lowest BCUT2D eigenvalue weighted by atomic mass is 9.92. The number of hydrazone groups is 1. The Morgan fingerprint density at radius 1 is 1.48 bits per heavy atom. The maximum atomic E-state index is 11.7. The number of esters is 1. The van der Waals surface area contributed by atoms with Gasteiger partial charge in [-0.15, -0.1) is 0 Å². The number of hydrogen-bond acceptors (Lipinski definition) is 7. The van der Waals surface area contributed by atoms with E-state index in [2.05, 4.69) is 11.2 Å². The van der Waals surface area contributed by atoms with Gasteiger partial charge in [-0.2, -0.15) is 10.4 Å². The van der Waals surface area contributed by atoms with Crippen molar-refractivity contribution in [2.45, 2.75) is 19.4 Å². The van der Waals surface area contributed by atoms with Gasteiger partial charge in [-0.1, -0.05) is 6.07 Å². The highest BCUT2D eigenvalue weighted by Gasteiger charge is 2.33. The highest BCUT2D eigenvalue weighted by molar-refractivity contribution is 6.08. The number of nitrogens with two attached hydrogens (primary N) is 1. The molecule has 0 aliphatic carbocycles.